The zero-order chi connectivity index (χ0) is 20.1. The molecule has 1 atom stereocenters. The maximum absolute atomic E-state index is 12.5. The van der Waals surface area contributed by atoms with E-state index in [1.165, 1.54) is 18.4 Å². The summed E-state index contributed by atoms with van der Waals surface area (Å²) < 4.78 is 5.04. The van der Waals surface area contributed by atoms with Crippen molar-refractivity contribution < 1.29 is 9.53 Å². The average molecular weight is 412 g/mol. The highest BCUT2D eigenvalue weighted by molar-refractivity contribution is 7.80. The largest absolute Gasteiger partial charge is 0.465 e. The van der Waals surface area contributed by atoms with Crippen molar-refractivity contribution in [1.29, 1.82) is 0 Å². The number of aromatic nitrogens is 1. The minimum absolute atomic E-state index is 0.000713. The van der Waals surface area contributed by atoms with Crippen LogP contribution in [0.5, 0.6) is 0 Å². The number of ether oxygens (including phenoxy) is 1. The molecule has 0 amide bonds. The van der Waals surface area contributed by atoms with E-state index in [2.05, 4.69) is 15.6 Å². The summed E-state index contributed by atoms with van der Waals surface area (Å²) in [5.74, 6) is -0.393. The van der Waals surface area contributed by atoms with Crippen molar-refractivity contribution in [3.63, 3.8) is 0 Å². The summed E-state index contributed by atoms with van der Waals surface area (Å²) in [5.41, 5.74) is 3.40. The number of nitrogens with zero attached hydrogens (tertiary/aromatic N) is 1. The average Bonchev–Trinajstić information content (AvgIpc) is 3.04. The molecule has 3 rings (SSSR count). The molecule has 0 fully saturated rings. The van der Waals surface area contributed by atoms with Crippen LogP contribution in [0.25, 0.3) is 11.1 Å². The Bertz CT molecular complexity index is 972. The van der Waals surface area contributed by atoms with E-state index in [-0.39, 0.29) is 6.04 Å². The molecule has 0 aliphatic heterocycles. The van der Waals surface area contributed by atoms with E-state index in [1.54, 1.807) is 12.4 Å². The molecule has 2 N–H and O–H groups in total. The van der Waals surface area contributed by atoms with Gasteiger partial charge in [0.05, 0.1) is 13.2 Å². The fourth-order valence-electron chi connectivity index (χ4n) is 2.95. The summed E-state index contributed by atoms with van der Waals surface area (Å²) in [6, 6.07) is 13.7. The van der Waals surface area contributed by atoms with Crippen LogP contribution in [-0.2, 0) is 4.74 Å². The maximum Gasteiger partial charge on any atom is 0.341 e. The van der Waals surface area contributed by atoms with Crippen LogP contribution in [0.4, 0.5) is 5.00 Å². The highest BCUT2D eigenvalue weighted by Gasteiger charge is 2.24. The number of hydrogen-bond acceptors (Lipinski definition) is 5. The van der Waals surface area contributed by atoms with Crippen molar-refractivity contribution in [2.24, 2.45) is 0 Å². The first-order chi connectivity index (χ1) is 13.5. The first-order valence-electron chi connectivity index (χ1n) is 8.75. The zero-order valence-electron chi connectivity index (χ0n) is 15.9. The van der Waals surface area contributed by atoms with Gasteiger partial charge in [-0.1, -0.05) is 30.3 Å². The lowest BCUT2D eigenvalue weighted by atomic mass is 10.0. The van der Waals surface area contributed by atoms with E-state index in [4.69, 9.17) is 17.0 Å². The molecule has 0 saturated heterocycles. The number of pyridine rings is 1. The molecule has 1 unspecified atom stereocenters. The number of thiocarbonyl (C=S) groups is 1. The molecule has 0 aliphatic carbocycles. The quantitative estimate of drug-likeness (QED) is 0.457. The summed E-state index contributed by atoms with van der Waals surface area (Å²) in [6.07, 6.45) is 3.49. The Balaban J connectivity index is 1.87. The number of carbonyl (C=O) groups excluding carboxylic acids is 1. The Morgan fingerprint density at radius 3 is 2.50 bits per heavy atom. The smallest absolute Gasteiger partial charge is 0.341 e. The number of esters is 1. The maximum atomic E-state index is 12.5. The Morgan fingerprint density at radius 2 is 1.86 bits per heavy atom. The van der Waals surface area contributed by atoms with Gasteiger partial charge in [0.25, 0.3) is 0 Å². The highest BCUT2D eigenvalue weighted by Crippen LogP contribution is 2.40. The van der Waals surface area contributed by atoms with E-state index in [9.17, 15) is 4.79 Å². The predicted molar refractivity (Wildman–Crippen MR) is 118 cm³/mol. The van der Waals surface area contributed by atoms with Crippen LogP contribution in [0.15, 0.2) is 54.9 Å². The number of nitrogens with one attached hydrogen (secondary N) is 2. The lowest BCUT2D eigenvalue weighted by molar-refractivity contribution is 0.0603. The third kappa shape index (κ3) is 4.37. The number of aryl methyl sites for hydroxylation is 1. The summed E-state index contributed by atoms with van der Waals surface area (Å²) in [5, 5.41) is 7.53. The summed E-state index contributed by atoms with van der Waals surface area (Å²) in [6.45, 7) is 4.00. The number of benzene rings is 1. The van der Waals surface area contributed by atoms with Gasteiger partial charge in [0.2, 0.25) is 0 Å². The molecular formula is C21H21N3O2S2. The Hall–Kier alpha value is -2.77. The Morgan fingerprint density at radius 1 is 1.18 bits per heavy atom. The van der Waals surface area contributed by atoms with Crippen molar-refractivity contribution in [3.8, 4) is 11.1 Å². The minimum Gasteiger partial charge on any atom is -0.465 e. The van der Waals surface area contributed by atoms with Gasteiger partial charge in [-0.3, -0.25) is 4.98 Å². The van der Waals surface area contributed by atoms with Gasteiger partial charge >= 0.3 is 5.97 Å². The van der Waals surface area contributed by atoms with Crippen molar-refractivity contribution >= 4 is 39.6 Å². The molecule has 0 radical (unpaired) electrons. The zero-order valence-corrected chi connectivity index (χ0v) is 17.5. The first-order valence-corrected chi connectivity index (χ1v) is 9.98. The normalized spacial score (nSPS) is 11.5. The van der Waals surface area contributed by atoms with Gasteiger partial charge in [-0.2, -0.15) is 0 Å². The van der Waals surface area contributed by atoms with Crippen molar-refractivity contribution in [1.82, 2.24) is 10.3 Å². The lowest BCUT2D eigenvalue weighted by Crippen LogP contribution is -2.31. The molecule has 5 nitrogen and oxygen atoms in total. The standard InChI is InChI=1S/C21H21N3O2S2/c1-13(15-9-11-22-12-10-15)23-21(27)24-19-18(20(25)26-3)17(14(2)28-19)16-7-5-4-6-8-16/h4-13H,1-3H3,(H2,23,24,27). The summed E-state index contributed by atoms with van der Waals surface area (Å²) >= 11 is 6.96. The topological polar surface area (TPSA) is 63.2 Å². The number of rotatable bonds is 5. The van der Waals surface area contributed by atoms with Gasteiger partial charge < -0.3 is 15.4 Å². The van der Waals surface area contributed by atoms with Crippen molar-refractivity contribution in [2.45, 2.75) is 19.9 Å². The van der Waals surface area contributed by atoms with Crippen LogP contribution in [0, 0.1) is 6.92 Å². The van der Waals surface area contributed by atoms with Crippen LogP contribution in [0.1, 0.15) is 33.8 Å². The molecule has 1 aromatic carbocycles. The van der Waals surface area contributed by atoms with Gasteiger partial charge in [0.1, 0.15) is 10.6 Å². The molecule has 0 aliphatic rings. The van der Waals surface area contributed by atoms with E-state index < -0.39 is 5.97 Å². The van der Waals surface area contributed by atoms with Crippen LogP contribution < -0.4 is 10.6 Å². The second kappa shape index (κ2) is 8.95. The van der Waals surface area contributed by atoms with E-state index in [0.717, 1.165) is 21.6 Å². The predicted octanol–water partition coefficient (Wildman–Crippen LogP) is 4.95. The van der Waals surface area contributed by atoms with E-state index in [1.807, 2.05) is 56.3 Å². The van der Waals surface area contributed by atoms with E-state index >= 15 is 0 Å². The molecule has 0 bridgehead atoms. The Labute approximate surface area is 173 Å². The minimum atomic E-state index is -0.393. The second-order valence-corrected chi connectivity index (χ2v) is 7.83. The number of methoxy groups -OCH3 is 1. The monoisotopic (exact) mass is 411 g/mol. The van der Waals surface area contributed by atoms with Crippen LogP contribution >= 0.6 is 23.6 Å². The van der Waals surface area contributed by atoms with Gasteiger partial charge in [0.15, 0.2) is 5.11 Å². The molecule has 144 valence electrons. The fourth-order valence-corrected chi connectivity index (χ4v) is 4.37. The molecular weight excluding hydrogens is 390 g/mol. The van der Waals surface area contributed by atoms with Crippen molar-refractivity contribution in [2.75, 3.05) is 12.4 Å². The van der Waals surface area contributed by atoms with Gasteiger partial charge in [0, 0.05) is 22.8 Å². The molecule has 2 heterocycles. The van der Waals surface area contributed by atoms with Gasteiger partial charge in [-0.05, 0) is 49.3 Å². The van der Waals surface area contributed by atoms with Crippen LogP contribution in [0.3, 0.4) is 0 Å². The van der Waals surface area contributed by atoms with Gasteiger partial charge in [-0.25, -0.2) is 4.79 Å². The van der Waals surface area contributed by atoms with Crippen molar-refractivity contribution in [3.05, 3.63) is 70.9 Å². The molecule has 28 heavy (non-hydrogen) atoms. The lowest BCUT2D eigenvalue weighted by Gasteiger charge is -2.17. The third-order valence-corrected chi connectivity index (χ3v) is 5.56. The van der Waals surface area contributed by atoms with E-state index in [0.29, 0.717) is 15.7 Å². The summed E-state index contributed by atoms with van der Waals surface area (Å²) in [7, 11) is 1.38. The fraction of sp³-hybridized carbons (Fsp3) is 0.190. The first kappa shape index (κ1) is 20.0. The molecule has 0 spiro atoms. The van der Waals surface area contributed by atoms with Gasteiger partial charge in [-0.15, -0.1) is 11.3 Å². The van der Waals surface area contributed by atoms with Crippen LogP contribution in [-0.4, -0.2) is 23.2 Å². The molecule has 3 aromatic rings. The second-order valence-electron chi connectivity index (χ2n) is 6.20. The molecule has 0 saturated carbocycles. The number of hydrogen-bond donors (Lipinski definition) is 2. The number of thiophene rings is 1. The molecule has 2 aromatic heterocycles. The number of anilines is 1. The summed E-state index contributed by atoms with van der Waals surface area (Å²) in [4.78, 5) is 17.6. The SMILES string of the molecule is COC(=O)c1c(NC(=S)NC(C)c2ccncc2)sc(C)c1-c1ccccc1. The highest BCUT2D eigenvalue weighted by atomic mass is 32.1. The third-order valence-electron chi connectivity index (χ3n) is 4.32. The van der Waals surface area contributed by atoms with Crippen LogP contribution in [0.2, 0.25) is 0 Å². The molecule has 7 heteroatoms. The Kier molecular flexibility index (Phi) is 6.38. The number of carbonyl (C=O) groups is 1.